The fourth-order valence-electron chi connectivity index (χ4n) is 3.69. The Hall–Kier alpha value is -1.94. The van der Waals surface area contributed by atoms with Gasteiger partial charge < -0.3 is 9.84 Å². The quantitative estimate of drug-likeness (QED) is 0.204. The van der Waals surface area contributed by atoms with Gasteiger partial charge in [-0.3, -0.25) is 9.59 Å². The molecule has 8 nitrogen and oxygen atoms in total. The minimum atomic E-state index is -1.11. The molecule has 0 aliphatic heterocycles. The Kier molecular flexibility index (Phi) is 12.5. The van der Waals surface area contributed by atoms with Gasteiger partial charge in [-0.25, -0.2) is 4.68 Å². The Bertz CT molecular complexity index is 893. The highest BCUT2D eigenvalue weighted by molar-refractivity contribution is 9.10. The molecule has 1 aromatic heterocycles. The molecule has 1 aromatic carbocycles. The third-order valence-electron chi connectivity index (χ3n) is 5.39. The Balaban J connectivity index is 1.94. The van der Waals surface area contributed by atoms with E-state index in [-0.39, 0.29) is 5.82 Å². The summed E-state index contributed by atoms with van der Waals surface area (Å²) in [6.07, 6.45) is 12.4. The van der Waals surface area contributed by atoms with E-state index in [1.807, 2.05) is 6.07 Å². The number of aromatic nitrogens is 4. The first-order valence-corrected chi connectivity index (χ1v) is 12.8. The summed E-state index contributed by atoms with van der Waals surface area (Å²) < 4.78 is 7.86. The van der Waals surface area contributed by atoms with Gasteiger partial charge in [0, 0.05) is 10.0 Å². The van der Waals surface area contributed by atoms with E-state index in [1.165, 1.54) is 51.4 Å². The van der Waals surface area contributed by atoms with Crippen LogP contribution < -0.4 is 4.74 Å². The second-order valence-corrected chi connectivity index (χ2v) is 9.43. The van der Waals surface area contributed by atoms with Crippen molar-refractivity contribution < 1.29 is 19.4 Å². The standard InChI is InChI=1S/C23H33BrN4O4S/c1-2-3-4-5-6-7-8-9-10-11-14-32-19-13-12-17(24)15-18(19)21(23(31)33)22-25-26-27-28(22)16-20(29)30/h12-13,15,21H,2-11,14,16H2,1H3,(H,29,30)(H,31,33). The zero-order chi connectivity index (χ0) is 24.1. The molecular formula is C23H33BrN4O4S. The largest absolute Gasteiger partial charge is 0.493 e. The molecule has 1 heterocycles. The number of carboxylic acid groups (broad SMARTS) is 1. The second kappa shape index (κ2) is 15.1. The molecule has 0 radical (unpaired) electrons. The number of carboxylic acids is 1. The fraction of sp³-hybridized carbons (Fsp3) is 0.609. The number of tetrazole rings is 1. The summed E-state index contributed by atoms with van der Waals surface area (Å²) in [5.74, 6) is -1.42. The lowest BCUT2D eigenvalue weighted by atomic mass is 9.98. The number of carbonyl (C=O) groups is 2. The number of benzene rings is 1. The van der Waals surface area contributed by atoms with Crippen LogP contribution in [0.15, 0.2) is 22.7 Å². The molecule has 1 N–H and O–H groups in total. The summed E-state index contributed by atoms with van der Waals surface area (Å²) in [6, 6.07) is 5.37. The van der Waals surface area contributed by atoms with Gasteiger partial charge in [0.05, 0.1) is 6.61 Å². The maximum Gasteiger partial charge on any atom is 0.325 e. The van der Waals surface area contributed by atoms with Crippen molar-refractivity contribution in [2.45, 2.75) is 83.6 Å². The lowest BCUT2D eigenvalue weighted by molar-refractivity contribution is -0.138. The molecule has 10 heteroatoms. The SMILES string of the molecule is CCCCCCCCCCCCOc1ccc(Br)cc1C(C(=O)S)c1nnnn1CC(=O)O. The third-order valence-corrected chi connectivity index (χ3v) is 6.14. The maximum absolute atomic E-state index is 12.4. The number of ether oxygens (including phenoxy) is 1. The third kappa shape index (κ3) is 9.44. The fourth-order valence-corrected chi connectivity index (χ4v) is 4.32. The molecule has 0 amide bonds. The first-order valence-electron chi connectivity index (χ1n) is 11.6. The van der Waals surface area contributed by atoms with Gasteiger partial charge in [-0.2, -0.15) is 0 Å². The number of hydrogen-bond donors (Lipinski definition) is 2. The molecule has 0 aliphatic carbocycles. The molecule has 33 heavy (non-hydrogen) atoms. The molecule has 2 aromatic rings. The number of nitrogens with zero attached hydrogens (tertiary/aromatic N) is 4. The summed E-state index contributed by atoms with van der Waals surface area (Å²) in [5.41, 5.74) is 0.540. The zero-order valence-corrected chi connectivity index (χ0v) is 21.6. The Morgan fingerprint density at radius 1 is 1.09 bits per heavy atom. The van der Waals surface area contributed by atoms with Crippen LogP contribution in [0.1, 0.15) is 88.4 Å². The summed E-state index contributed by atoms with van der Waals surface area (Å²) in [6.45, 7) is 2.31. The van der Waals surface area contributed by atoms with E-state index in [0.29, 0.717) is 17.9 Å². The summed E-state index contributed by atoms with van der Waals surface area (Å²) >= 11 is 7.46. The van der Waals surface area contributed by atoms with Gasteiger partial charge in [0.2, 0.25) is 5.12 Å². The smallest absolute Gasteiger partial charge is 0.325 e. The van der Waals surface area contributed by atoms with Crippen LogP contribution in [0.2, 0.25) is 0 Å². The van der Waals surface area contributed by atoms with Crippen molar-refractivity contribution in [1.82, 2.24) is 20.2 Å². The number of halogens is 1. The van der Waals surface area contributed by atoms with Crippen molar-refractivity contribution in [2.75, 3.05) is 6.61 Å². The number of hydrogen-bond acceptors (Lipinski definition) is 6. The summed E-state index contributed by atoms with van der Waals surface area (Å²) in [7, 11) is 0. The molecule has 182 valence electrons. The Labute approximate surface area is 209 Å². The minimum absolute atomic E-state index is 0.110. The molecule has 0 saturated carbocycles. The van der Waals surface area contributed by atoms with E-state index in [1.54, 1.807) is 12.1 Å². The van der Waals surface area contributed by atoms with E-state index in [2.05, 4.69) is 51.0 Å². The molecule has 1 atom stereocenters. The number of rotatable bonds is 17. The van der Waals surface area contributed by atoms with Crippen molar-refractivity contribution in [1.29, 1.82) is 0 Å². The summed E-state index contributed by atoms with van der Waals surface area (Å²) in [4.78, 5) is 23.6. The van der Waals surface area contributed by atoms with Crippen molar-refractivity contribution in [3.63, 3.8) is 0 Å². The molecule has 1 unspecified atom stereocenters. The number of aliphatic carboxylic acids is 1. The first kappa shape index (κ1) is 27.3. The van der Waals surface area contributed by atoms with E-state index in [9.17, 15) is 9.59 Å². The van der Waals surface area contributed by atoms with Crippen LogP contribution >= 0.6 is 28.6 Å². The van der Waals surface area contributed by atoms with E-state index >= 15 is 0 Å². The van der Waals surface area contributed by atoms with Crippen molar-refractivity contribution >= 4 is 39.6 Å². The van der Waals surface area contributed by atoms with Crippen molar-refractivity contribution in [3.05, 3.63) is 34.1 Å². The second-order valence-electron chi connectivity index (χ2n) is 8.07. The van der Waals surface area contributed by atoms with E-state index in [4.69, 9.17) is 9.84 Å². The number of unbranched alkanes of at least 4 members (excludes halogenated alkanes) is 9. The van der Waals surface area contributed by atoms with Gasteiger partial charge in [0.25, 0.3) is 0 Å². The Morgan fingerprint density at radius 2 is 1.73 bits per heavy atom. The van der Waals surface area contributed by atoms with E-state index < -0.39 is 23.5 Å². The molecular weight excluding hydrogens is 508 g/mol. The highest BCUT2D eigenvalue weighted by Gasteiger charge is 2.30. The number of carbonyl (C=O) groups excluding carboxylic acids is 1. The van der Waals surface area contributed by atoms with Gasteiger partial charge in [-0.15, -0.1) is 17.7 Å². The average molecular weight is 542 g/mol. The average Bonchev–Trinajstić information content (AvgIpc) is 3.20. The lowest BCUT2D eigenvalue weighted by Gasteiger charge is -2.18. The molecule has 0 bridgehead atoms. The molecule has 0 fully saturated rings. The molecule has 0 aliphatic rings. The highest BCUT2D eigenvalue weighted by atomic mass is 79.9. The topological polar surface area (TPSA) is 107 Å². The highest BCUT2D eigenvalue weighted by Crippen LogP contribution is 2.35. The molecule has 0 spiro atoms. The number of thiol groups is 1. The van der Waals surface area contributed by atoms with Crippen molar-refractivity contribution in [2.24, 2.45) is 0 Å². The van der Waals surface area contributed by atoms with Gasteiger partial charge in [0.1, 0.15) is 18.2 Å². The zero-order valence-electron chi connectivity index (χ0n) is 19.1. The van der Waals surface area contributed by atoms with Crippen LogP contribution in [-0.4, -0.2) is 43.0 Å². The Morgan fingerprint density at radius 3 is 2.33 bits per heavy atom. The van der Waals surface area contributed by atoms with Crippen LogP contribution in [0, 0.1) is 0 Å². The molecule has 0 saturated heterocycles. The normalized spacial score (nSPS) is 12.0. The minimum Gasteiger partial charge on any atom is -0.493 e. The van der Waals surface area contributed by atoms with Crippen LogP contribution in [0.25, 0.3) is 0 Å². The van der Waals surface area contributed by atoms with Crippen molar-refractivity contribution in [3.8, 4) is 5.75 Å². The lowest BCUT2D eigenvalue weighted by Crippen LogP contribution is -2.20. The van der Waals surface area contributed by atoms with Gasteiger partial charge in [0.15, 0.2) is 5.82 Å². The predicted octanol–water partition coefficient (Wildman–Crippen LogP) is 5.41. The van der Waals surface area contributed by atoms with Crippen LogP contribution in [-0.2, 0) is 16.1 Å². The monoisotopic (exact) mass is 540 g/mol. The first-order chi connectivity index (χ1) is 15.9. The molecule has 2 rings (SSSR count). The van der Waals surface area contributed by atoms with Crippen LogP contribution in [0.3, 0.4) is 0 Å². The van der Waals surface area contributed by atoms with Crippen LogP contribution in [0.4, 0.5) is 0 Å². The summed E-state index contributed by atoms with van der Waals surface area (Å²) in [5, 5.41) is 19.8. The van der Waals surface area contributed by atoms with E-state index in [0.717, 1.165) is 22.0 Å². The predicted molar refractivity (Wildman–Crippen MR) is 133 cm³/mol. The maximum atomic E-state index is 12.4. The van der Waals surface area contributed by atoms with Crippen LogP contribution in [0.5, 0.6) is 5.75 Å². The van der Waals surface area contributed by atoms with Gasteiger partial charge in [-0.1, -0.05) is 80.6 Å². The van der Waals surface area contributed by atoms with Gasteiger partial charge in [-0.05, 0) is 35.0 Å². The van der Waals surface area contributed by atoms with Gasteiger partial charge >= 0.3 is 5.97 Å².